The van der Waals surface area contributed by atoms with Gasteiger partial charge in [0.15, 0.2) is 5.82 Å². The number of nitrogens with zero attached hydrogens (tertiary/aromatic N) is 6. The number of piperidine rings is 1. The first-order valence-corrected chi connectivity index (χ1v) is 13.7. The normalized spacial score (nSPS) is 16.6. The molecule has 2 aliphatic rings. The summed E-state index contributed by atoms with van der Waals surface area (Å²) in [7, 11) is 0. The number of piperazine rings is 1. The lowest BCUT2D eigenvalue weighted by molar-refractivity contribution is -0.141. The fourth-order valence-electron chi connectivity index (χ4n) is 5.62. The van der Waals surface area contributed by atoms with E-state index in [0.29, 0.717) is 43.0 Å². The highest BCUT2D eigenvalue weighted by Gasteiger charge is 2.31. The summed E-state index contributed by atoms with van der Waals surface area (Å²) in [6.07, 6.45) is 1.53. The van der Waals surface area contributed by atoms with Gasteiger partial charge in [-0.3, -0.25) is 9.59 Å². The zero-order chi connectivity index (χ0) is 28.6. The van der Waals surface area contributed by atoms with Gasteiger partial charge >= 0.3 is 6.01 Å². The molecule has 11 heteroatoms. The van der Waals surface area contributed by atoms with E-state index in [1.165, 1.54) is 10.6 Å². The van der Waals surface area contributed by atoms with Crippen LogP contribution < -0.4 is 4.90 Å². The van der Waals surface area contributed by atoms with Gasteiger partial charge in [-0.2, -0.15) is 0 Å². The molecule has 3 heterocycles. The molecule has 3 N–H and O–H groups in total. The fourth-order valence-corrected chi connectivity index (χ4v) is 5.62. The van der Waals surface area contributed by atoms with E-state index < -0.39 is 0 Å². The highest BCUT2D eigenvalue weighted by atomic mass is 16.3. The second-order valence-corrected chi connectivity index (χ2v) is 10.9. The Hall–Kier alpha value is -4.28. The van der Waals surface area contributed by atoms with Crippen molar-refractivity contribution in [2.45, 2.75) is 39.5 Å². The third-order valence-electron chi connectivity index (χ3n) is 8.01. The van der Waals surface area contributed by atoms with E-state index in [9.17, 15) is 24.9 Å². The summed E-state index contributed by atoms with van der Waals surface area (Å²) in [6, 6.07) is 10.3. The predicted molar refractivity (Wildman–Crippen MR) is 150 cm³/mol. The van der Waals surface area contributed by atoms with Crippen LogP contribution in [0, 0.1) is 5.92 Å². The number of anilines is 1. The fraction of sp³-hybridized carbons (Fsp3) is 0.448. The Morgan fingerprint density at radius 2 is 1.43 bits per heavy atom. The van der Waals surface area contributed by atoms with Crippen LogP contribution in [0.25, 0.3) is 17.1 Å². The molecule has 0 spiro atoms. The smallest absolute Gasteiger partial charge is 0.319 e. The Morgan fingerprint density at radius 3 is 2.02 bits per heavy atom. The van der Waals surface area contributed by atoms with Gasteiger partial charge in [-0.05, 0) is 54.7 Å². The Bertz CT molecular complexity index is 1390. The molecular formula is C29H36N6O5. The lowest BCUT2D eigenvalue weighted by atomic mass is 9.94. The second-order valence-electron chi connectivity index (χ2n) is 10.9. The second kappa shape index (κ2) is 11.1. The van der Waals surface area contributed by atoms with E-state index in [1.54, 1.807) is 17.9 Å². The minimum Gasteiger partial charge on any atom is -0.508 e. The highest BCUT2D eigenvalue weighted by Crippen LogP contribution is 2.39. The topological polar surface area (TPSA) is 135 Å². The zero-order valence-electron chi connectivity index (χ0n) is 23.1. The monoisotopic (exact) mass is 548 g/mol. The van der Waals surface area contributed by atoms with Crippen LogP contribution in [-0.2, 0) is 9.59 Å². The third kappa shape index (κ3) is 5.28. The van der Waals surface area contributed by atoms with Crippen LogP contribution in [0.5, 0.6) is 17.5 Å². The molecule has 1 aromatic heterocycles. The Balaban J connectivity index is 1.27. The molecule has 11 nitrogen and oxygen atoms in total. The number of phenolic OH excluding ortho intramolecular Hbond substituents is 2. The van der Waals surface area contributed by atoms with Crippen molar-refractivity contribution >= 4 is 17.5 Å². The molecule has 0 bridgehead atoms. The summed E-state index contributed by atoms with van der Waals surface area (Å²) in [5.41, 5.74) is 2.63. The number of hydrogen-bond acceptors (Lipinski definition) is 8. The van der Waals surface area contributed by atoms with Crippen LogP contribution in [-0.4, -0.2) is 91.0 Å². The molecule has 0 radical (unpaired) electrons. The first-order valence-electron chi connectivity index (χ1n) is 13.7. The molecule has 0 saturated carbocycles. The van der Waals surface area contributed by atoms with Crippen molar-refractivity contribution in [1.29, 1.82) is 0 Å². The van der Waals surface area contributed by atoms with Crippen molar-refractivity contribution in [1.82, 2.24) is 24.6 Å². The van der Waals surface area contributed by atoms with Gasteiger partial charge in [0.2, 0.25) is 11.8 Å². The van der Waals surface area contributed by atoms with E-state index in [4.69, 9.17) is 0 Å². The number of aromatic hydroxyl groups is 3. The molecule has 2 fully saturated rings. The minimum absolute atomic E-state index is 0.00286. The van der Waals surface area contributed by atoms with Crippen LogP contribution in [0.4, 0.5) is 5.69 Å². The Kier molecular flexibility index (Phi) is 7.55. The van der Waals surface area contributed by atoms with Gasteiger partial charge < -0.3 is 30.0 Å². The molecule has 5 rings (SSSR count). The van der Waals surface area contributed by atoms with Crippen molar-refractivity contribution in [2.24, 2.45) is 5.92 Å². The van der Waals surface area contributed by atoms with Crippen LogP contribution in [0.2, 0.25) is 0 Å². The maximum absolute atomic E-state index is 13.1. The zero-order valence-corrected chi connectivity index (χ0v) is 23.1. The number of rotatable bonds is 5. The molecule has 2 saturated heterocycles. The molecule has 2 aromatic carbocycles. The van der Waals surface area contributed by atoms with Gasteiger partial charge in [0.1, 0.15) is 11.5 Å². The third-order valence-corrected chi connectivity index (χ3v) is 8.01. The van der Waals surface area contributed by atoms with Crippen molar-refractivity contribution in [2.75, 3.05) is 44.2 Å². The van der Waals surface area contributed by atoms with Gasteiger partial charge in [-0.25, -0.2) is 4.57 Å². The summed E-state index contributed by atoms with van der Waals surface area (Å²) in [5, 5.41) is 39.2. The van der Waals surface area contributed by atoms with Crippen molar-refractivity contribution in [3.05, 3.63) is 42.0 Å². The maximum atomic E-state index is 13.1. The number of aromatic nitrogens is 3. The summed E-state index contributed by atoms with van der Waals surface area (Å²) >= 11 is 0. The molecule has 0 aliphatic carbocycles. The van der Waals surface area contributed by atoms with E-state index in [0.717, 1.165) is 31.6 Å². The lowest BCUT2D eigenvalue weighted by Crippen LogP contribution is -2.52. The number of carbonyl (C=O) groups excluding carboxylic acids is 2. The number of hydrogen-bond donors (Lipinski definition) is 3. The summed E-state index contributed by atoms with van der Waals surface area (Å²) in [4.78, 5) is 30.6. The lowest BCUT2D eigenvalue weighted by Gasteiger charge is -2.38. The van der Waals surface area contributed by atoms with Gasteiger partial charge in [0.25, 0.3) is 0 Å². The SMILES string of the molecule is CC(=O)N1CCN(C(=O)C2CCN(c3ccc(-n4c(O)nnc4-c4cc(C(C)C)c(O)cc4O)cc3)CC2)CC1. The standard InChI is InChI=1S/C29H36N6O5/c1-18(2)23-16-24(26(38)17-25(23)37)27-30-31-29(40)35(27)22-6-4-21(5-7-22)33-10-8-20(9-11-33)28(39)34-14-12-32(13-15-34)19(3)36/h4-7,16-18,20,37-38H,8-15H2,1-3H3,(H,31,40). The van der Waals surface area contributed by atoms with Crippen LogP contribution in [0.15, 0.2) is 36.4 Å². The molecule has 2 amide bonds. The van der Waals surface area contributed by atoms with Gasteiger partial charge in [0.05, 0.1) is 11.3 Å². The van der Waals surface area contributed by atoms with Gasteiger partial charge in [0, 0.05) is 63.9 Å². The molecule has 2 aliphatic heterocycles. The Morgan fingerprint density at radius 1 is 0.825 bits per heavy atom. The molecule has 40 heavy (non-hydrogen) atoms. The number of amides is 2. The number of carbonyl (C=O) groups is 2. The number of benzene rings is 2. The largest absolute Gasteiger partial charge is 0.508 e. The summed E-state index contributed by atoms with van der Waals surface area (Å²) < 4.78 is 1.46. The van der Waals surface area contributed by atoms with Crippen LogP contribution in [0.1, 0.15) is 45.1 Å². The van der Waals surface area contributed by atoms with Crippen molar-refractivity contribution in [3.63, 3.8) is 0 Å². The Labute approximate surface area is 233 Å². The first kappa shape index (κ1) is 27.3. The summed E-state index contributed by atoms with van der Waals surface area (Å²) in [5.74, 6) is 0.341. The quantitative estimate of drug-likeness (QED) is 0.443. The molecular weight excluding hydrogens is 512 g/mol. The average Bonchev–Trinajstić information content (AvgIpc) is 3.33. The van der Waals surface area contributed by atoms with Crippen LogP contribution in [0.3, 0.4) is 0 Å². The first-order chi connectivity index (χ1) is 19.1. The molecule has 0 unspecified atom stereocenters. The molecule has 0 atom stereocenters. The van der Waals surface area contributed by atoms with Gasteiger partial charge in [-0.15, -0.1) is 5.10 Å². The van der Waals surface area contributed by atoms with Crippen LogP contribution >= 0.6 is 0 Å². The van der Waals surface area contributed by atoms with E-state index in [-0.39, 0.29) is 47.0 Å². The van der Waals surface area contributed by atoms with E-state index >= 15 is 0 Å². The summed E-state index contributed by atoms with van der Waals surface area (Å²) in [6.45, 7) is 9.34. The number of phenols is 2. The van der Waals surface area contributed by atoms with Crippen molar-refractivity contribution in [3.8, 4) is 34.6 Å². The van der Waals surface area contributed by atoms with E-state index in [2.05, 4.69) is 15.1 Å². The van der Waals surface area contributed by atoms with Gasteiger partial charge in [-0.1, -0.05) is 18.9 Å². The predicted octanol–water partition coefficient (Wildman–Crippen LogP) is 3.08. The molecule has 3 aromatic rings. The average molecular weight is 549 g/mol. The minimum atomic E-state index is -0.315. The molecule has 212 valence electrons. The highest BCUT2D eigenvalue weighted by molar-refractivity contribution is 5.80. The van der Waals surface area contributed by atoms with E-state index in [1.807, 2.05) is 43.0 Å². The maximum Gasteiger partial charge on any atom is 0.319 e. The van der Waals surface area contributed by atoms with Crippen molar-refractivity contribution < 1.29 is 24.9 Å².